The van der Waals surface area contributed by atoms with Crippen LogP contribution in [0.25, 0.3) is 0 Å². The Labute approximate surface area is 215 Å². The predicted molar refractivity (Wildman–Crippen MR) is 140 cm³/mol. The van der Waals surface area contributed by atoms with Gasteiger partial charge in [-0.3, -0.25) is 14.4 Å². The summed E-state index contributed by atoms with van der Waals surface area (Å²) in [5, 5.41) is 6.25. The van der Waals surface area contributed by atoms with Crippen LogP contribution in [0.4, 0.5) is 11.4 Å². The minimum Gasteiger partial charge on any atom is -0.484 e. The molecule has 0 spiro atoms. The molecule has 186 valence electrons. The molecular weight excluding hydrogens is 478 g/mol. The number of anilines is 2. The number of halogens is 1. The van der Waals surface area contributed by atoms with Gasteiger partial charge in [0.05, 0.1) is 5.92 Å². The van der Waals surface area contributed by atoms with E-state index in [0.29, 0.717) is 35.2 Å². The lowest BCUT2D eigenvalue weighted by atomic mass is 10.1. The number of amides is 3. The van der Waals surface area contributed by atoms with E-state index < -0.39 is 5.92 Å². The van der Waals surface area contributed by atoms with Crippen LogP contribution >= 0.6 is 11.6 Å². The zero-order valence-corrected chi connectivity index (χ0v) is 21.0. The Kier molecular flexibility index (Phi) is 7.90. The highest BCUT2D eigenvalue weighted by atomic mass is 35.5. The molecule has 0 bridgehead atoms. The molecule has 1 fully saturated rings. The van der Waals surface area contributed by atoms with Crippen molar-refractivity contribution in [3.8, 4) is 5.75 Å². The minimum absolute atomic E-state index is 0.102. The molecular formula is C28H28ClN3O4. The van der Waals surface area contributed by atoms with Crippen molar-refractivity contribution in [1.29, 1.82) is 0 Å². The molecule has 3 amide bonds. The van der Waals surface area contributed by atoms with Gasteiger partial charge >= 0.3 is 0 Å². The average Bonchev–Trinajstić information content (AvgIpc) is 3.26. The van der Waals surface area contributed by atoms with Crippen LogP contribution in [-0.4, -0.2) is 30.9 Å². The smallest absolute Gasteiger partial charge is 0.262 e. The first-order valence-corrected chi connectivity index (χ1v) is 12.1. The number of benzene rings is 3. The molecule has 0 aromatic heterocycles. The molecule has 8 heteroatoms. The van der Waals surface area contributed by atoms with E-state index in [0.717, 1.165) is 16.7 Å². The fourth-order valence-corrected chi connectivity index (χ4v) is 4.09. The normalized spacial score (nSPS) is 15.0. The second-order valence-electron chi connectivity index (χ2n) is 8.90. The number of carbonyl (C=O) groups excluding carboxylic acids is 3. The Morgan fingerprint density at radius 2 is 1.75 bits per heavy atom. The first-order valence-electron chi connectivity index (χ1n) is 11.7. The van der Waals surface area contributed by atoms with Crippen molar-refractivity contribution in [1.82, 2.24) is 5.32 Å². The van der Waals surface area contributed by atoms with Gasteiger partial charge in [-0.2, -0.15) is 0 Å². The minimum atomic E-state index is -0.405. The lowest BCUT2D eigenvalue weighted by Gasteiger charge is -2.17. The highest BCUT2D eigenvalue weighted by Gasteiger charge is 2.35. The third kappa shape index (κ3) is 6.43. The molecule has 4 rings (SSSR count). The summed E-state index contributed by atoms with van der Waals surface area (Å²) in [7, 11) is 0. The van der Waals surface area contributed by atoms with Gasteiger partial charge in [0.25, 0.3) is 5.91 Å². The molecule has 1 aliphatic heterocycles. The Morgan fingerprint density at radius 3 is 2.44 bits per heavy atom. The second kappa shape index (κ2) is 11.3. The van der Waals surface area contributed by atoms with Crippen LogP contribution in [-0.2, 0) is 20.9 Å². The molecule has 36 heavy (non-hydrogen) atoms. The standard InChI is InChI=1S/C28H28ClN3O4/c1-18-3-6-20(7-4-18)15-30-28(35)21-13-27(34)32(16-21)23-9-11-24(12-10-23)36-17-26(33)31-22-8-5-19(2)25(29)14-22/h3-12,14,21H,13,15-17H2,1-2H3,(H,30,35)(H,31,33)/t21-/m0/s1. The van der Waals surface area contributed by atoms with Crippen molar-refractivity contribution in [2.45, 2.75) is 26.8 Å². The van der Waals surface area contributed by atoms with E-state index in [1.54, 1.807) is 41.3 Å². The molecule has 0 saturated carbocycles. The number of nitrogens with one attached hydrogen (secondary N) is 2. The van der Waals surface area contributed by atoms with Gasteiger partial charge in [-0.15, -0.1) is 0 Å². The van der Waals surface area contributed by atoms with E-state index in [-0.39, 0.29) is 30.7 Å². The van der Waals surface area contributed by atoms with Gasteiger partial charge in [-0.25, -0.2) is 0 Å². The Balaban J connectivity index is 1.26. The third-order valence-corrected chi connectivity index (χ3v) is 6.46. The average molecular weight is 506 g/mol. The van der Waals surface area contributed by atoms with E-state index >= 15 is 0 Å². The molecule has 7 nitrogen and oxygen atoms in total. The van der Waals surface area contributed by atoms with Crippen LogP contribution in [0.2, 0.25) is 5.02 Å². The van der Waals surface area contributed by atoms with Gasteiger partial charge in [0.1, 0.15) is 5.75 Å². The van der Waals surface area contributed by atoms with E-state index in [4.69, 9.17) is 16.3 Å². The van der Waals surface area contributed by atoms with Crippen molar-refractivity contribution in [2.24, 2.45) is 5.92 Å². The summed E-state index contributed by atoms with van der Waals surface area (Å²) >= 11 is 6.09. The van der Waals surface area contributed by atoms with Crippen LogP contribution in [0.15, 0.2) is 66.7 Å². The molecule has 3 aromatic rings. The molecule has 1 aliphatic rings. The molecule has 1 saturated heterocycles. The molecule has 3 aromatic carbocycles. The predicted octanol–water partition coefficient (Wildman–Crippen LogP) is 4.64. The first-order chi connectivity index (χ1) is 17.3. The summed E-state index contributed by atoms with van der Waals surface area (Å²) in [6, 6.07) is 20.1. The SMILES string of the molecule is Cc1ccc(CNC(=O)[C@H]2CC(=O)N(c3ccc(OCC(=O)Nc4ccc(C)c(Cl)c4)cc3)C2)cc1. The topological polar surface area (TPSA) is 87.7 Å². The monoisotopic (exact) mass is 505 g/mol. The van der Waals surface area contributed by atoms with Gasteiger partial charge in [0.15, 0.2) is 6.61 Å². The molecule has 1 atom stereocenters. The zero-order valence-electron chi connectivity index (χ0n) is 20.2. The lowest BCUT2D eigenvalue weighted by Crippen LogP contribution is -2.32. The number of hydrogen-bond donors (Lipinski definition) is 2. The first kappa shape index (κ1) is 25.3. The highest BCUT2D eigenvalue weighted by Crippen LogP contribution is 2.27. The van der Waals surface area contributed by atoms with E-state index in [1.165, 1.54) is 0 Å². The van der Waals surface area contributed by atoms with Gasteiger partial charge in [0, 0.05) is 35.9 Å². The Hall–Kier alpha value is -3.84. The van der Waals surface area contributed by atoms with Crippen LogP contribution in [0.5, 0.6) is 5.75 Å². The second-order valence-corrected chi connectivity index (χ2v) is 9.31. The van der Waals surface area contributed by atoms with Crippen molar-refractivity contribution in [3.63, 3.8) is 0 Å². The summed E-state index contributed by atoms with van der Waals surface area (Å²) in [4.78, 5) is 39.0. The van der Waals surface area contributed by atoms with Gasteiger partial charge in [0.2, 0.25) is 11.8 Å². The summed E-state index contributed by atoms with van der Waals surface area (Å²) in [6.07, 6.45) is 0.168. The number of hydrogen-bond acceptors (Lipinski definition) is 4. The molecule has 1 heterocycles. The third-order valence-electron chi connectivity index (χ3n) is 6.06. The molecule has 2 N–H and O–H groups in total. The molecule has 0 aliphatic carbocycles. The van der Waals surface area contributed by atoms with Crippen molar-refractivity contribution < 1.29 is 19.1 Å². The fourth-order valence-electron chi connectivity index (χ4n) is 3.91. The Bertz CT molecular complexity index is 1260. The summed E-state index contributed by atoms with van der Waals surface area (Å²) in [6.45, 7) is 4.48. The highest BCUT2D eigenvalue weighted by molar-refractivity contribution is 6.31. The molecule has 0 unspecified atom stereocenters. The number of aryl methyl sites for hydroxylation is 2. The van der Waals surface area contributed by atoms with E-state index in [9.17, 15) is 14.4 Å². The van der Waals surface area contributed by atoms with Crippen LogP contribution < -0.4 is 20.3 Å². The van der Waals surface area contributed by atoms with Crippen molar-refractivity contribution >= 4 is 40.7 Å². The van der Waals surface area contributed by atoms with Crippen LogP contribution in [0.1, 0.15) is 23.1 Å². The largest absolute Gasteiger partial charge is 0.484 e. The van der Waals surface area contributed by atoms with Crippen LogP contribution in [0, 0.1) is 19.8 Å². The molecule has 0 radical (unpaired) electrons. The number of rotatable bonds is 8. The maximum absolute atomic E-state index is 12.6. The maximum atomic E-state index is 12.6. The van der Waals surface area contributed by atoms with Gasteiger partial charge < -0.3 is 20.3 Å². The lowest BCUT2D eigenvalue weighted by molar-refractivity contribution is -0.126. The maximum Gasteiger partial charge on any atom is 0.262 e. The van der Waals surface area contributed by atoms with E-state index in [1.807, 2.05) is 44.2 Å². The van der Waals surface area contributed by atoms with Gasteiger partial charge in [-0.05, 0) is 61.4 Å². The number of carbonyl (C=O) groups is 3. The van der Waals surface area contributed by atoms with Crippen molar-refractivity contribution in [2.75, 3.05) is 23.4 Å². The summed E-state index contributed by atoms with van der Waals surface area (Å²) in [5.41, 5.74) is 4.38. The van der Waals surface area contributed by atoms with Gasteiger partial charge in [-0.1, -0.05) is 47.5 Å². The number of nitrogens with zero attached hydrogens (tertiary/aromatic N) is 1. The van der Waals surface area contributed by atoms with Crippen molar-refractivity contribution in [3.05, 3.63) is 88.4 Å². The Morgan fingerprint density at radius 1 is 1.03 bits per heavy atom. The quantitative estimate of drug-likeness (QED) is 0.466. The zero-order chi connectivity index (χ0) is 25.7. The van der Waals surface area contributed by atoms with E-state index in [2.05, 4.69) is 10.6 Å². The number of ether oxygens (including phenoxy) is 1. The fraction of sp³-hybridized carbons (Fsp3) is 0.250. The summed E-state index contributed by atoms with van der Waals surface area (Å²) in [5.74, 6) is -0.455. The van der Waals surface area contributed by atoms with Crippen LogP contribution in [0.3, 0.4) is 0 Å². The summed E-state index contributed by atoms with van der Waals surface area (Å²) < 4.78 is 5.57.